The van der Waals surface area contributed by atoms with Crippen LogP contribution < -0.4 is 5.32 Å². The topological polar surface area (TPSA) is 49.4 Å². The molecule has 146 valence electrons. The van der Waals surface area contributed by atoms with Crippen molar-refractivity contribution in [3.05, 3.63) is 100 Å². The Kier molecular flexibility index (Phi) is 5.32. The summed E-state index contributed by atoms with van der Waals surface area (Å²) >= 11 is 6.22. The highest BCUT2D eigenvalue weighted by Crippen LogP contribution is 2.28. The second kappa shape index (κ2) is 8.05. The third-order valence-corrected chi connectivity index (χ3v) is 5.38. The van der Waals surface area contributed by atoms with Gasteiger partial charge in [0, 0.05) is 13.0 Å². The van der Waals surface area contributed by atoms with Gasteiger partial charge in [-0.15, -0.1) is 0 Å². The number of anilines is 1. The predicted octanol–water partition coefficient (Wildman–Crippen LogP) is 4.68. The van der Waals surface area contributed by atoms with Crippen LogP contribution in [0.1, 0.15) is 21.5 Å². The molecule has 1 unspecified atom stereocenters. The Morgan fingerprint density at radius 1 is 0.931 bits per heavy atom. The minimum Gasteiger partial charge on any atom is -0.322 e. The molecular weight excluding hydrogens is 391 g/mol. The number of nitrogens with one attached hydrogen (secondary N) is 1. The molecule has 0 spiro atoms. The average Bonchev–Trinajstić information content (AvgIpc) is 2.74. The number of hydrogen-bond donors (Lipinski definition) is 1. The van der Waals surface area contributed by atoms with Crippen molar-refractivity contribution < 1.29 is 14.0 Å². The molecule has 6 heteroatoms. The highest BCUT2D eigenvalue weighted by atomic mass is 35.5. The molecule has 1 N–H and O–H groups in total. The molecule has 4 rings (SSSR count). The standard InChI is InChI=1S/C23H18ClFN2O2/c24-18-10-4-3-9-17(18)23(29)27-14-16-8-2-1-7-15(16)13-21(27)22(28)26-20-12-6-5-11-19(20)25/h1-12,21H,13-14H2,(H,26,28). The van der Waals surface area contributed by atoms with Crippen LogP contribution in [0.2, 0.25) is 5.02 Å². The second-order valence-corrected chi connectivity index (χ2v) is 7.28. The van der Waals surface area contributed by atoms with E-state index in [1.165, 1.54) is 17.0 Å². The first-order valence-electron chi connectivity index (χ1n) is 9.22. The maximum absolute atomic E-state index is 14.0. The molecule has 4 nitrogen and oxygen atoms in total. The zero-order valence-electron chi connectivity index (χ0n) is 15.4. The summed E-state index contributed by atoms with van der Waals surface area (Å²) in [4.78, 5) is 27.8. The number of fused-ring (bicyclic) bond motifs is 1. The van der Waals surface area contributed by atoms with Gasteiger partial charge >= 0.3 is 0 Å². The fourth-order valence-electron chi connectivity index (χ4n) is 3.54. The van der Waals surface area contributed by atoms with E-state index in [4.69, 9.17) is 11.6 Å². The van der Waals surface area contributed by atoms with E-state index < -0.39 is 17.8 Å². The first-order valence-corrected chi connectivity index (χ1v) is 9.60. The summed E-state index contributed by atoms with van der Waals surface area (Å²) in [6.45, 7) is 0.273. The molecule has 0 aliphatic carbocycles. The van der Waals surface area contributed by atoms with E-state index in [0.29, 0.717) is 17.0 Å². The molecule has 3 aromatic rings. The van der Waals surface area contributed by atoms with Crippen molar-refractivity contribution in [1.29, 1.82) is 0 Å². The molecule has 1 heterocycles. The summed E-state index contributed by atoms with van der Waals surface area (Å²) in [5, 5.41) is 2.94. The highest BCUT2D eigenvalue weighted by Gasteiger charge is 2.35. The smallest absolute Gasteiger partial charge is 0.256 e. The average molecular weight is 409 g/mol. The van der Waals surface area contributed by atoms with Crippen LogP contribution in [0.15, 0.2) is 72.8 Å². The summed E-state index contributed by atoms with van der Waals surface area (Å²) in [6.07, 6.45) is 0.340. The highest BCUT2D eigenvalue weighted by molar-refractivity contribution is 6.33. The lowest BCUT2D eigenvalue weighted by Crippen LogP contribution is -2.50. The summed E-state index contributed by atoms with van der Waals surface area (Å²) in [7, 11) is 0. The van der Waals surface area contributed by atoms with Gasteiger partial charge in [0.1, 0.15) is 11.9 Å². The largest absolute Gasteiger partial charge is 0.322 e. The maximum Gasteiger partial charge on any atom is 0.256 e. The van der Waals surface area contributed by atoms with Crippen molar-refractivity contribution in [3.63, 3.8) is 0 Å². The maximum atomic E-state index is 14.0. The molecule has 0 fully saturated rings. The van der Waals surface area contributed by atoms with E-state index in [1.54, 1.807) is 36.4 Å². The van der Waals surface area contributed by atoms with Crippen LogP contribution in [0.25, 0.3) is 0 Å². The minimum absolute atomic E-state index is 0.0847. The summed E-state index contributed by atoms with van der Waals surface area (Å²) in [5.41, 5.74) is 2.38. The van der Waals surface area contributed by atoms with Gasteiger partial charge in [0.25, 0.3) is 5.91 Å². The van der Waals surface area contributed by atoms with Crippen LogP contribution >= 0.6 is 11.6 Å². The first-order chi connectivity index (χ1) is 14.0. The summed E-state index contributed by atoms with van der Waals surface area (Å²) < 4.78 is 14.0. The van der Waals surface area contributed by atoms with Crippen LogP contribution in [0.5, 0.6) is 0 Å². The molecule has 0 radical (unpaired) electrons. The summed E-state index contributed by atoms with van der Waals surface area (Å²) in [5.74, 6) is -1.30. The minimum atomic E-state index is -0.784. The number of halogens is 2. The number of carbonyl (C=O) groups is 2. The molecule has 0 aromatic heterocycles. The van der Waals surface area contributed by atoms with Crippen LogP contribution in [-0.4, -0.2) is 22.8 Å². The molecule has 0 saturated heterocycles. The monoisotopic (exact) mass is 408 g/mol. The van der Waals surface area contributed by atoms with Crippen molar-refractivity contribution in [2.45, 2.75) is 19.0 Å². The van der Waals surface area contributed by atoms with Gasteiger partial charge in [0.15, 0.2) is 0 Å². The fourth-order valence-corrected chi connectivity index (χ4v) is 3.76. The van der Waals surface area contributed by atoms with Gasteiger partial charge < -0.3 is 10.2 Å². The Morgan fingerprint density at radius 3 is 2.34 bits per heavy atom. The second-order valence-electron chi connectivity index (χ2n) is 6.87. The van der Waals surface area contributed by atoms with Crippen LogP contribution in [0.3, 0.4) is 0 Å². The zero-order chi connectivity index (χ0) is 20.4. The number of nitrogens with zero attached hydrogens (tertiary/aromatic N) is 1. The number of para-hydroxylation sites is 1. The van der Waals surface area contributed by atoms with E-state index >= 15 is 0 Å². The number of carbonyl (C=O) groups excluding carboxylic acids is 2. The molecule has 0 saturated carbocycles. The molecule has 2 amide bonds. The molecule has 1 aliphatic heterocycles. The van der Waals surface area contributed by atoms with E-state index in [-0.39, 0.29) is 18.1 Å². The van der Waals surface area contributed by atoms with Crippen molar-refractivity contribution in [3.8, 4) is 0 Å². The molecule has 1 aliphatic rings. The number of benzene rings is 3. The van der Waals surface area contributed by atoms with Gasteiger partial charge in [-0.1, -0.05) is 60.1 Å². The summed E-state index contributed by atoms with van der Waals surface area (Å²) in [6, 6.07) is 19.6. The lowest BCUT2D eigenvalue weighted by molar-refractivity contribution is -0.121. The number of rotatable bonds is 3. The van der Waals surface area contributed by atoms with Crippen LogP contribution in [-0.2, 0) is 17.8 Å². The van der Waals surface area contributed by atoms with Crippen molar-refractivity contribution in [1.82, 2.24) is 4.90 Å². The van der Waals surface area contributed by atoms with Gasteiger partial charge in [-0.25, -0.2) is 4.39 Å². The Hall–Kier alpha value is -3.18. The van der Waals surface area contributed by atoms with Crippen LogP contribution in [0.4, 0.5) is 10.1 Å². The van der Waals surface area contributed by atoms with E-state index in [1.807, 2.05) is 24.3 Å². The Labute approximate surface area is 172 Å². The van der Waals surface area contributed by atoms with E-state index in [0.717, 1.165) is 11.1 Å². The van der Waals surface area contributed by atoms with E-state index in [2.05, 4.69) is 5.32 Å². The van der Waals surface area contributed by atoms with Crippen molar-refractivity contribution >= 4 is 29.1 Å². The molecule has 29 heavy (non-hydrogen) atoms. The molecular formula is C23H18ClFN2O2. The fraction of sp³-hybridized carbons (Fsp3) is 0.130. The zero-order valence-corrected chi connectivity index (χ0v) is 16.2. The molecule has 0 bridgehead atoms. The normalized spacial score (nSPS) is 15.5. The van der Waals surface area contributed by atoms with E-state index in [9.17, 15) is 14.0 Å². The lowest BCUT2D eigenvalue weighted by Gasteiger charge is -2.36. The Morgan fingerprint density at radius 2 is 1.59 bits per heavy atom. The molecule has 1 atom stereocenters. The predicted molar refractivity (Wildman–Crippen MR) is 110 cm³/mol. The van der Waals surface area contributed by atoms with Gasteiger partial charge in [0.2, 0.25) is 5.91 Å². The van der Waals surface area contributed by atoms with Gasteiger partial charge in [-0.05, 0) is 35.4 Å². The van der Waals surface area contributed by atoms with Crippen molar-refractivity contribution in [2.75, 3.05) is 5.32 Å². The SMILES string of the molecule is O=C(Nc1ccccc1F)C1Cc2ccccc2CN1C(=O)c1ccccc1Cl. The van der Waals surface area contributed by atoms with Gasteiger partial charge in [-0.2, -0.15) is 0 Å². The first kappa shape index (κ1) is 19.2. The lowest BCUT2D eigenvalue weighted by atomic mass is 9.92. The van der Waals surface area contributed by atoms with Crippen LogP contribution in [0, 0.1) is 5.82 Å². The van der Waals surface area contributed by atoms with Crippen molar-refractivity contribution in [2.24, 2.45) is 0 Å². The van der Waals surface area contributed by atoms with Gasteiger partial charge in [-0.3, -0.25) is 9.59 Å². The number of hydrogen-bond acceptors (Lipinski definition) is 2. The number of amides is 2. The quantitative estimate of drug-likeness (QED) is 0.683. The Balaban J connectivity index is 1.68. The third kappa shape index (κ3) is 3.87. The van der Waals surface area contributed by atoms with Gasteiger partial charge in [0.05, 0.1) is 16.3 Å². The third-order valence-electron chi connectivity index (χ3n) is 5.05. The Bertz CT molecular complexity index is 1090. The molecule has 3 aromatic carbocycles.